The molecule has 0 spiro atoms. The molecule has 0 radical (unpaired) electrons. The zero-order chi connectivity index (χ0) is 16.8. The van der Waals surface area contributed by atoms with Crippen molar-refractivity contribution in [2.24, 2.45) is 0 Å². The molecular weight excluding hydrogens is 303 g/mol. The van der Waals surface area contributed by atoms with Crippen molar-refractivity contribution in [1.29, 1.82) is 0 Å². The molecule has 7 heteroatoms. The lowest BCUT2D eigenvalue weighted by Crippen LogP contribution is -2.14. The number of hydrogen-bond donors (Lipinski definition) is 0. The van der Waals surface area contributed by atoms with Gasteiger partial charge in [0.25, 0.3) is 0 Å². The van der Waals surface area contributed by atoms with Crippen molar-refractivity contribution in [3.8, 4) is 0 Å². The molecule has 1 heterocycles. The van der Waals surface area contributed by atoms with E-state index < -0.39 is 17.8 Å². The molecule has 23 heavy (non-hydrogen) atoms. The molecular formula is C16H17FN2O4. The number of hydrogen-bond acceptors (Lipinski definition) is 5. The fourth-order valence-corrected chi connectivity index (χ4v) is 2.02. The van der Waals surface area contributed by atoms with E-state index in [9.17, 15) is 14.0 Å². The maximum atomic E-state index is 13.3. The van der Waals surface area contributed by atoms with E-state index in [0.29, 0.717) is 5.56 Å². The van der Waals surface area contributed by atoms with Gasteiger partial charge in [-0.15, -0.1) is 0 Å². The molecule has 1 aromatic carbocycles. The minimum Gasteiger partial charge on any atom is -0.461 e. The minimum absolute atomic E-state index is 0.00584. The summed E-state index contributed by atoms with van der Waals surface area (Å²) in [6.07, 6.45) is 0. The predicted molar refractivity (Wildman–Crippen MR) is 79.6 cm³/mol. The predicted octanol–water partition coefficient (Wildman–Crippen LogP) is 2.42. The average molecular weight is 320 g/mol. The van der Waals surface area contributed by atoms with Gasteiger partial charge < -0.3 is 9.47 Å². The number of halogens is 1. The van der Waals surface area contributed by atoms with E-state index in [2.05, 4.69) is 5.10 Å². The number of carbonyl (C=O) groups is 2. The fraction of sp³-hybridized carbons (Fsp3) is 0.312. The monoisotopic (exact) mass is 320 g/mol. The lowest BCUT2D eigenvalue weighted by molar-refractivity contribution is 0.0506. The molecule has 0 saturated carbocycles. The highest BCUT2D eigenvalue weighted by Crippen LogP contribution is 2.12. The summed E-state index contributed by atoms with van der Waals surface area (Å²) in [5.74, 6) is -1.62. The van der Waals surface area contributed by atoms with E-state index in [4.69, 9.17) is 9.47 Å². The number of ether oxygens (including phenoxy) is 2. The Balaban J connectivity index is 2.35. The van der Waals surface area contributed by atoms with Crippen LogP contribution in [0.1, 0.15) is 40.4 Å². The number of esters is 2. The topological polar surface area (TPSA) is 70.4 Å². The van der Waals surface area contributed by atoms with E-state index in [1.165, 1.54) is 22.9 Å². The second-order valence-corrected chi connectivity index (χ2v) is 4.64. The minimum atomic E-state index is -0.629. The quantitative estimate of drug-likeness (QED) is 0.765. The second-order valence-electron chi connectivity index (χ2n) is 4.64. The molecule has 0 unspecified atom stereocenters. The Bertz CT molecular complexity index is 712. The van der Waals surface area contributed by atoms with Gasteiger partial charge in [-0.3, -0.25) is 4.68 Å². The van der Waals surface area contributed by atoms with Crippen molar-refractivity contribution in [3.05, 3.63) is 53.1 Å². The summed E-state index contributed by atoms with van der Waals surface area (Å²) in [7, 11) is 0. The van der Waals surface area contributed by atoms with Crippen LogP contribution in [0.4, 0.5) is 4.39 Å². The normalized spacial score (nSPS) is 10.4. The molecule has 2 rings (SSSR count). The second kappa shape index (κ2) is 7.53. The molecule has 0 N–H and O–H groups in total. The third-order valence-corrected chi connectivity index (χ3v) is 2.97. The Morgan fingerprint density at radius 2 is 1.83 bits per heavy atom. The zero-order valence-electron chi connectivity index (χ0n) is 12.9. The molecule has 0 aliphatic rings. The van der Waals surface area contributed by atoms with Crippen LogP contribution >= 0.6 is 0 Å². The van der Waals surface area contributed by atoms with Gasteiger partial charge in [-0.25, -0.2) is 14.0 Å². The molecule has 122 valence electrons. The molecule has 0 bridgehead atoms. The molecule has 0 saturated heterocycles. The molecule has 6 nitrogen and oxygen atoms in total. The molecule has 0 aliphatic heterocycles. The van der Waals surface area contributed by atoms with Crippen LogP contribution in [-0.4, -0.2) is 34.9 Å². The van der Waals surface area contributed by atoms with Crippen molar-refractivity contribution < 1.29 is 23.5 Å². The van der Waals surface area contributed by atoms with E-state index >= 15 is 0 Å². The van der Waals surface area contributed by atoms with Crippen LogP contribution in [0.5, 0.6) is 0 Å². The zero-order valence-corrected chi connectivity index (χ0v) is 12.9. The van der Waals surface area contributed by atoms with Gasteiger partial charge in [-0.2, -0.15) is 5.10 Å². The number of nitrogens with zero attached hydrogens (tertiary/aromatic N) is 2. The Labute approximate surface area is 132 Å². The first-order chi connectivity index (χ1) is 11.0. The summed E-state index contributed by atoms with van der Waals surface area (Å²) >= 11 is 0. The fourth-order valence-electron chi connectivity index (χ4n) is 2.02. The first-order valence-corrected chi connectivity index (χ1v) is 7.21. The largest absolute Gasteiger partial charge is 0.461 e. The van der Waals surface area contributed by atoms with Gasteiger partial charge in [0.1, 0.15) is 11.5 Å². The standard InChI is InChI=1S/C16H17FN2O4/c1-3-22-15(20)13-9-14(16(21)23-4-2)19(18-13)10-11-6-5-7-12(17)8-11/h5-9H,3-4,10H2,1-2H3. The molecule has 0 aliphatic carbocycles. The van der Waals surface area contributed by atoms with Crippen LogP contribution in [0.3, 0.4) is 0 Å². The van der Waals surface area contributed by atoms with Crippen LogP contribution in [0.2, 0.25) is 0 Å². The van der Waals surface area contributed by atoms with Gasteiger partial charge in [0.05, 0.1) is 19.8 Å². The van der Waals surface area contributed by atoms with Gasteiger partial charge in [-0.05, 0) is 31.5 Å². The Kier molecular flexibility index (Phi) is 5.46. The van der Waals surface area contributed by atoms with Gasteiger partial charge in [0.2, 0.25) is 0 Å². The maximum absolute atomic E-state index is 13.3. The van der Waals surface area contributed by atoms with Gasteiger partial charge in [0, 0.05) is 6.07 Å². The summed E-state index contributed by atoms with van der Waals surface area (Å²) in [5, 5.41) is 4.08. The van der Waals surface area contributed by atoms with Crippen molar-refractivity contribution in [1.82, 2.24) is 9.78 Å². The maximum Gasteiger partial charge on any atom is 0.358 e. The highest BCUT2D eigenvalue weighted by Gasteiger charge is 2.21. The van der Waals surface area contributed by atoms with Crippen LogP contribution < -0.4 is 0 Å². The summed E-state index contributed by atoms with van der Waals surface area (Å²) in [6.45, 7) is 3.87. The van der Waals surface area contributed by atoms with Crippen molar-refractivity contribution in [2.45, 2.75) is 20.4 Å². The third-order valence-electron chi connectivity index (χ3n) is 2.97. The molecule has 1 aromatic heterocycles. The highest BCUT2D eigenvalue weighted by atomic mass is 19.1. The summed E-state index contributed by atoms with van der Waals surface area (Å²) in [5.41, 5.74) is 0.722. The Morgan fingerprint density at radius 1 is 1.13 bits per heavy atom. The van der Waals surface area contributed by atoms with Gasteiger partial charge >= 0.3 is 11.9 Å². The Morgan fingerprint density at radius 3 is 2.48 bits per heavy atom. The van der Waals surface area contributed by atoms with E-state index in [0.717, 1.165) is 0 Å². The van der Waals surface area contributed by atoms with E-state index in [1.54, 1.807) is 26.0 Å². The van der Waals surface area contributed by atoms with Crippen molar-refractivity contribution >= 4 is 11.9 Å². The van der Waals surface area contributed by atoms with Crippen molar-refractivity contribution in [3.63, 3.8) is 0 Å². The highest BCUT2D eigenvalue weighted by molar-refractivity contribution is 5.93. The third kappa shape index (κ3) is 4.15. The lowest BCUT2D eigenvalue weighted by atomic mass is 10.2. The van der Waals surface area contributed by atoms with Crippen LogP contribution in [0.25, 0.3) is 0 Å². The smallest absolute Gasteiger partial charge is 0.358 e. The van der Waals surface area contributed by atoms with Crippen LogP contribution in [0.15, 0.2) is 30.3 Å². The molecule has 0 fully saturated rings. The SMILES string of the molecule is CCOC(=O)c1cc(C(=O)OCC)n(Cc2cccc(F)c2)n1. The number of benzene rings is 1. The summed E-state index contributed by atoms with van der Waals surface area (Å²) < 4.78 is 24.4. The van der Waals surface area contributed by atoms with Crippen LogP contribution in [0, 0.1) is 5.82 Å². The van der Waals surface area contributed by atoms with Crippen molar-refractivity contribution in [2.75, 3.05) is 13.2 Å². The molecule has 0 atom stereocenters. The van der Waals surface area contributed by atoms with Gasteiger partial charge in [-0.1, -0.05) is 12.1 Å². The number of aromatic nitrogens is 2. The Hall–Kier alpha value is -2.70. The first-order valence-electron chi connectivity index (χ1n) is 7.21. The first kappa shape index (κ1) is 16.7. The summed E-state index contributed by atoms with van der Waals surface area (Å²) in [6, 6.07) is 7.23. The van der Waals surface area contributed by atoms with E-state index in [1.807, 2.05) is 0 Å². The molecule has 0 amide bonds. The summed E-state index contributed by atoms with van der Waals surface area (Å²) in [4.78, 5) is 23.8. The average Bonchev–Trinajstić information content (AvgIpc) is 2.92. The van der Waals surface area contributed by atoms with Crippen LogP contribution in [-0.2, 0) is 16.0 Å². The van der Waals surface area contributed by atoms with Gasteiger partial charge in [0.15, 0.2) is 5.69 Å². The lowest BCUT2D eigenvalue weighted by Gasteiger charge is -2.07. The number of rotatable bonds is 6. The molecule has 2 aromatic rings. The number of carbonyl (C=O) groups excluding carboxylic acids is 2. The van der Waals surface area contributed by atoms with E-state index in [-0.39, 0.29) is 31.1 Å².